The van der Waals surface area contributed by atoms with Gasteiger partial charge in [0.2, 0.25) is 0 Å². The number of hydrogen-bond acceptors (Lipinski definition) is 6. The van der Waals surface area contributed by atoms with Crippen molar-refractivity contribution in [3.05, 3.63) is 28.8 Å². The van der Waals surface area contributed by atoms with Gasteiger partial charge in [-0.3, -0.25) is 4.79 Å². The zero-order valence-electron chi connectivity index (χ0n) is 16.4. The lowest BCUT2D eigenvalue weighted by Crippen LogP contribution is -2.36. The number of nitrogens with one attached hydrogen (secondary N) is 1. The van der Waals surface area contributed by atoms with Crippen molar-refractivity contribution in [1.82, 2.24) is 19.8 Å². The average Bonchev–Trinajstić information content (AvgIpc) is 3.14. The minimum atomic E-state index is -0.137. The SMILES string of the molecule is CN1CCC(Oc2cc(N3CC[C@@H](N(C)C)C3)cc3nc[nH]c(=O)c23)CC1. The van der Waals surface area contributed by atoms with Gasteiger partial charge in [0.25, 0.3) is 5.56 Å². The first-order valence-corrected chi connectivity index (χ1v) is 9.79. The summed E-state index contributed by atoms with van der Waals surface area (Å²) < 4.78 is 6.35. The van der Waals surface area contributed by atoms with E-state index in [0.29, 0.717) is 22.7 Å². The Morgan fingerprint density at radius 2 is 1.96 bits per heavy atom. The van der Waals surface area contributed by atoms with Crippen molar-refractivity contribution in [3.8, 4) is 5.75 Å². The van der Waals surface area contributed by atoms with Gasteiger partial charge in [-0.2, -0.15) is 0 Å². The van der Waals surface area contributed by atoms with E-state index < -0.39 is 0 Å². The summed E-state index contributed by atoms with van der Waals surface area (Å²) in [4.78, 5) is 26.5. The normalized spacial score (nSPS) is 22.1. The molecule has 2 aliphatic heterocycles. The van der Waals surface area contributed by atoms with Crippen molar-refractivity contribution in [1.29, 1.82) is 0 Å². The summed E-state index contributed by atoms with van der Waals surface area (Å²) in [5.41, 5.74) is 1.66. The van der Waals surface area contributed by atoms with Crippen LogP contribution in [-0.2, 0) is 0 Å². The van der Waals surface area contributed by atoms with Gasteiger partial charge in [0.1, 0.15) is 17.2 Å². The lowest BCUT2D eigenvalue weighted by Gasteiger charge is -2.30. The summed E-state index contributed by atoms with van der Waals surface area (Å²) in [6.45, 7) is 4.03. The highest BCUT2D eigenvalue weighted by Gasteiger charge is 2.26. The number of aromatic amines is 1. The zero-order valence-corrected chi connectivity index (χ0v) is 16.4. The van der Waals surface area contributed by atoms with Crippen LogP contribution in [-0.4, -0.2) is 79.2 Å². The van der Waals surface area contributed by atoms with Crippen LogP contribution in [0.3, 0.4) is 0 Å². The van der Waals surface area contributed by atoms with E-state index in [1.165, 1.54) is 6.33 Å². The first-order valence-electron chi connectivity index (χ1n) is 9.79. The van der Waals surface area contributed by atoms with E-state index in [-0.39, 0.29) is 11.7 Å². The molecule has 0 unspecified atom stereocenters. The Morgan fingerprint density at radius 1 is 1.19 bits per heavy atom. The fraction of sp³-hybridized carbons (Fsp3) is 0.600. The molecule has 1 aromatic heterocycles. The Hall–Kier alpha value is -2.12. The first kappa shape index (κ1) is 18.3. The molecule has 0 aliphatic carbocycles. The number of piperidine rings is 1. The van der Waals surface area contributed by atoms with E-state index in [2.05, 4.69) is 45.8 Å². The van der Waals surface area contributed by atoms with Gasteiger partial charge in [0, 0.05) is 44.0 Å². The van der Waals surface area contributed by atoms with E-state index in [0.717, 1.165) is 51.1 Å². The van der Waals surface area contributed by atoms with Crippen molar-refractivity contribution in [2.24, 2.45) is 0 Å². The highest BCUT2D eigenvalue weighted by molar-refractivity contribution is 5.88. The van der Waals surface area contributed by atoms with E-state index >= 15 is 0 Å². The molecule has 3 heterocycles. The molecule has 2 saturated heterocycles. The Bertz CT molecular complexity index is 857. The second-order valence-corrected chi connectivity index (χ2v) is 8.04. The predicted molar refractivity (Wildman–Crippen MR) is 108 cm³/mol. The smallest absolute Gasteiger partial charge is 0.262 e. The zero-order chi connectivity index (χ0) is 19.0. The van der Waals surface area contributed by atoms with Crippen molar-refractivity contribution in [2.45, 2.75) is 31.4 Å². The molecule has 27 heavy (non-hydrogen) atoms. The van der Waals surface area contributed by atoms with E-state index in [1.807, 2.05) is 12.1 Å². The number of likely N-dealkylation sites (tertiary alicyclic amines) is 1. The number of anilines is 1. The van der Waals surface area contributed by atoms with E-state index in [1.54, 1.807) is 0 Å². The number of ether oxygens (including phenoxy) is 1. The minimum absolute atomic E-state index is 0.137. The van der Waals surface area contributed by atoms with Crippen LogP contribution in [0.5, 0.6) is 5.75 Å². The maximum absolute atomic E-state index is 12.5. The molecule has 7 nitrogen and oxygen atoms in total. The van der Waals surface area contributed by atoms with Crippen molar-refractivity contribution >= 4 is 16.6 Å². The van der Waals surface area contributed by atoms with E-state index in [4.69, 9.17) is 4.74 Å². The third-order valence-electron chi connectivity index (χ3n) is 5.91. The molecule has 1 atom stereocenters. The number of rotatable bonds is 4. The molecule has 2 aliphatic rings. The van der Waals surface area contributed by atoms with Gasteiger partial charge in [-0.1, -0.05) is 0 Å². The van der Waals surface area contributed by atoms with Gasteiger partial charge in [0.05, 0.1) is 11.8 Å². The van der Waals surface area contributed by atoms with E-state index in [9.17, 15) is 4.79 Å². The summed E-state index contributed by atoms with van der Waals surface area (Å²) in [6, 6.07) is 4.60. The van der Waals surface area contributed by atoms with Crippen LogP contribution in [0.1, 0.15) is 19.3 Å². The molecule has 0 bridgehead atoms. The molecule has 0 saturated carbocycles. The van der Waals surface area contributed by atoms with Crippen LogP contribution in [0.25, 0.3) is 10.9 Å². The van der Waals surface area contributed by atoms with Gasteiger partial charge in [-0.05, 0) is 46.5 Å². The second-order valence-electron chi connectivity index (χ2n) is 8.04. The second kappa shape index (κ2) is 7.48. The average molecular weight is 371 g/mol. The van der Waals surface area contributed by atoms with Crippen molar-refractivity contribution in [3.63, 3.8) is 0 Å². The quantitative estimate of drug-likeness (QED) is 0.880. The fourth-order valence-corrected chi connectivity index (χ4v) is 4.10. The number of aromatic nitrogens is 2. The third kappa shape index (κ3) is 3.80. The third-order valence-corrected chi connectivity index (χ3v) is 5.91. The van der Waals surface area contributed by atoms with Crippen LogP contribution in [0, 0.1) is 0 Å². The summed E-state index contributed by atoms with van der Waals surface area (Å²) >= 11 is 0. The van der Waals surface area contributed by atoms with Crippen LogP contribution in [0.4, 0.5) is 5.69 Å². The number of likely N-dealkylation sites (N-methyl/N-ethyl adjacent to an activating group) is 1. The number of benzene rings is 1. The summed E-state index contributed by atoms with van der Waals surface area (Å²) in [6.07, 6.45) is 4.71. The van der Waals surface area contributed by atoms with Crippen LogP contribution in [0.15, 0.2) is 23.3 Å². The number of fused-ring (bicyclic) bond motifs is 1. The topological polar surface area (TPSA) is 64.7 Å². The molecule has 0 radical (unpaired) electrons. The molecule has 7 heteroatoms. The Labute approximate surface area is 159 Å². The molecular weight excluding hydrogens is 342 g/mol. The number of nitrogens with zero attached hydrogens (tertiary/aromatic N) is 4. The minimum Gasteiger partial charge on any atom is -0.489 e. The maximum atomic E-state index is 12.5. The molecule has 1 N–H and O–H groups in total. The Kier molecular flexibility index (Phi) is 5.06. The van der Waals surface area contributed by atoms with Crippen LogP contribution < -0.4 is 15.2 Å². The highest BCUT2D eigenvalue weighted by Crippen LogP contribution is 2.32. The molecule has 146 valence electrons. The molecule has 4 rings (SSSR count). The van der Waals surface area contributed by atoms with Gasteiger partial charge in [0.15, 0.2) is 0 Å². The molecule has 2 fully saturated rings. The van der Waals surface area contributed by atoms with Gasteiger partial charge in [-0.15, -0.1) is 0 Å². The summed E-state index contributed by atoms with van der Waals surface area (Å²) in [5.74, 6) is 0.666. The van der Waals surface area contributed by atoms with Crippen molar-refractivity contribution < 1.29 is 4.74 Å². The van der Waals surface area contributed by atoms with Gasteiger partial charge in [-0.25, -0.2) is 4.98 Å². The highest BCUT2D eigenvalue weighted by atomic mass is 16.5. The largest absolute Gasteiger partial charge is 0.489 e. The van der Waals surface area contributed by atoms with Crippen LogP contribution in [0.2, 0.25) is 0 Å². The molecule has 0 amide bonds. The lowest BCUT2D eigenvalue weighted by molar-refractivity contribution is 0.115. The number of H-pyrrole nitrogens is 1. The first-order chi connectivity index (χ1) is 13.0. The van der Waals surface area contributed by atoms with Gasteiger partial charge < -0.3 is 24.4 Å². The summed E-state index contributed by atoms with van der Waals surface area (Å²) in [5, 5.41) is 0.559. The molecule has 2 aromatic rings. The predicted octanol–water partition coefficient (Wildman–Crippen LogP) is 1.54. The summed E-state index contributed by atoms with van der Waals surface area (Å²) in [7, 11) is 6.39. The standard InChI is InChI=1S/C20H29N5O2/c1-23(2)14-4-9-25(12-14)15-10-17-19(20(26)22-13-21-17)18(11-15)27-16-5-7-24(3)8-6-16/h10-11,13-14,16H,4-9,12H2,1-3H3,(H,21,22,26)/t14-/m1/s1. The monoisotopic (exact) mass is 371 g/mol. The molecule has 1 aromatic carbocycles. The Morgan fingerprint density at radius 3 is 2.67 bits per heavy atom. The molecule has 0 spiro atoms. The van der Waals surface area contributed by atoms with Crippen molar-refractivity contribution in [2.75, 3.05) is 52.2 Å². The number of hydrogen-bond donors (Lipinski definition) is 1. The molecular formula is C20H29N5O2. The Balaban J connectivity index is 1.67. The lowest BCUT2D eigenvalue weighted by atomic mass is 10.1. The maximum Gasteiger partial charge on any atom is 0.262 e. The van der Waals surface area contributed by atoms with Gasteiger partial charge >= 0.3 is 0 Å². The fourth-order valence-electron chi connectivity index (χ4n) is 4.10. The van der Waals surface area contributed by atoms with Crippen LogP contribution >= 0.6 is 0 Å².